The first-order chi connectivity index (χ1) is 18.7. The third-order valence-corrected chi connectivity index (χ3v) is 6.36. The fourth-order valence-corrected chi connectivity index (χ4v) is 4.21. The SMILES string of the molecule is C=CC(=O)Nc1cc(Nc2ncc(N(C)C)c(-n3ccc4ccccc43)n2)c(OC)cc1N(C)CCN(C)C. The zero-order valence-electron chi connectivity index (χ0n) is 23.4. The molecule has 0 aliphatic heterocycles. The molecule has 2 heterocycles. The number of nitrogens with zero attached hydrogens (tertiary/aromatic N) is 6. The number of nitrogens with one attached hydrogen (secondary N) is 2. The molecule has 0 spiro atoms. The molecule has 4 aromatic rings. The summed E-state index contributed by atoms with van der Waals surface area (Å²) < 4.78 is 7.79. The number of hydrogen-bond acceptors (Lipinski definition) is 8. The molecule has 0 fully saturated rings. The molecule has 0 atom stereocenters. The highest BCUT2D eigenvalue weighted by molar-refractivity contribution is 6.02. The van der Waals surface area contributed by atoms with Crippen molar-refractivity contribution in [3.63, 3.8) is 0 Å². The first-order valence-corrected chi connectivity index (χ1v) is 12.6. The molecule has 2 N–H and O–H groups in total. The van der Waals surface area contributed by atoms with Crippen molar-refractivity contribution in [2.75, 3.05) is 75.9 Å². The van der Waals surface area contributed by atoms with E-state index in [0.29, 0.717) is 23.1 Å². The standard InChI is InChI=1S/C29H36N8O2/c1-8-27(38)31-21-17-22(26(39-7)18-24(21)36(6)16-15-34(2)3)32-29-30-19-25(35(4)5)28(33-29)37-14-13-20-11-9-10-12-23(20)37/h8-14,17-19H,1,15-16H2,2-7H3,(H,31,38)(H,30,32,33). The minimum atomic E-state index is -0.304. The number of likely N-dealkylation sites (N-methyl/N-ethyl adjacent to an activating group) is 2. The summed E-state index contributed by atoms with van der Waals surface area (Å²) in [5.74, 6) is 1.41. The van der Waals surface area contributed by atoms with Gasteiger partial charge in [0.15, 0.2) is 5.82 Å². The Balaban J connectivity index is 1.77. The van der Waals surface area contributed by atoms with E-state index in [0.717, 1.165) is 41.2 Å². The molecular weight excluding hydrogens is 492 g/mol. The van der Waals surface area contributed by atoms with Gasteiger partial charge in [0, 0.05) is 46.5 Å². The van der Waals surface area contributed by atoms with Gasteiger partial charge >= 0.3 is 0 Å². The van der Waals surface area contributed by atoms with Crippen LogP contribution in [0, 0.1) is 0 Å². The topological polar surface area (TPSA) is 90.8 Å². The Hall–Kier alpha value is -4.57. The maximum atomic E-state index is 12.3. The highest BCUT2D eigenvalue weighted by atomic mass is 16.5. The maximum Gasteiger partial charge on any atom is 0.247 e. The Morgan fingerprint density at radius 3 is 2.51 bits per heavy atom. The molecule has 2 aromatic heterocycles. The number of rotatable bonds is 11. The zero-order valence-corrected chi connectivity index (χ0v) is 23.4. The second-order valence-electron chi connectivity index (χ2n) is 9.65. The van der Waals surface area contributed by atoms with Crippen molar-refractivity contribution in [3.05, 3.63) is 67.5 Å². The Kier molecular flexibility index (Phi) is 8.36. The van der Waals surface area contributed by atoms with Crippen molar-refractivity contribution in [1.29, 1.82) is 0 Å². The lowest BCUT2D eigenvalue weighted by molar-refractivity contribution is -0.111. The summed E-state index contributed by atoms with van der Waals surface area (Å²) in [6.45, 7) is 5.19. The van der Waals surface area contributed by atoms with Crippen LogP contribution in [0.5, 0.6) is 5.75 Å². The molecule has 1 amide bonds. The van der Waals surface area contributed by atoms with Gasteiger partial charge in [-0.25, -0.2) is 4.98 Å². The summed E-state index contributed by atoms with van der Waals surface area (Å²) in [5.41, 5.74) is 3.96. The maximum absolute atomic E-state index is 12.3. The Morgan fingerprint density at radius 2 is 1.82 bits per heavy atom. The smallest absolute Gasteiger partial charge is 0.247 e. The molecule has 204 valence electrons. The summed E-state index contributed by atoms with van der Waals surface area (Å²) in [6.07, 6.45) is 5.04. The predicted molar refractivity (Wildman–Crippen MR) is 160 cm³/mol. The zero-order chi connectivity index (χ0) is 28.1. The number of amides is 1. The van der Waals surface area contributed by atoms with Crippen molar-refractivity contribution in [3.8, 4) is 11.6 Å². The van der Waals surface area contributed by atoms with Crippen LogP contribution in [0.3, 0.4) is 0 Å². The van der Waals surface area contributed by atoms with Crippen LogP contribution in [0.4, 0.5) is 28.7 Å². The molecule has 10 nitrogen and oxygen atoms in total. The highest BCUT2D eigenvalue weighted by Gasteiger charge is 2.18. The monoisotopic (exact) mass is 528 g/mol. The van der Waals surface area contributed by atoms with Crippen LogP contribution < -0.4 is 25.2 Å². The molecule has 0 saturated carbocycles. The van der Waals surface area contributed by atoms with E-state index in [-0.39, 0.29) is 5.91 Å². The number of aromatic nitrogens is 3. The van der Waals surface area contributed by atoms with Crippen molar-refractivity contribution >= 4 is 45.5 Å². The summed E-state index contributed by atoms with van der Waals surface area (Å²) in [7, 11) is 11.6. The summed E-state index contributed by atoms with van der Waals surface area (Å²) in [5, 5.41) is 7.35. The van der Waals surface area contributed by atoms with Gasteiger partial charge in [-0.3, -0.25) is 9.36 Å². The number of anilines is 5. The van der Waals surface area contributed by atoms with Crippen LogP contribution in [0.15, 0.2) is 67.5 Å². The lowest BCUT2D eigenvalue weighted by Crippen LogP contribution is -2.29. The quantitative estimate of drug-likeness (QED) is 0.278. The number of ether oxygens (including phenoxy) is 1. The number of para-hydroxylation sites is 1. The van der Waals surface area contributed by atoms with Crippen LogP contribution >= 0.6 is 0 Å². The Labute approximate surface area is 229 Å². The Morgan fingerprint density at radius 1 is 1.05 bits per heavy atom. The van der Waals surface area contributed by atoms with Gasteiger partial charge in [-0.15, -0.1) is 0 Å². The highest BCUT2D eigenvalue weighted by Crippen LogP contribution is 2.38. The van der Waals surface area contributed by atoms with Gasteiger partial charge in [0.2, 0.25) is 11.9 Å². The molecule has 0 aliphatic carbocycles. The van der Waals surface area contributed by atoms with Crippen LogP contribution in [-0.2, 0) is 4.79 Å². The summed E-state index contributed by atoms with van der Waals surface area (Å²) in [4.78, 5) is 27.9. The molecular formula is C29H36N8O2. The van der Waals surface area contributed by atoms with E-state index in [1.54, 1.807) is 13.3 Å². The number of benzene rings is 2. The third-order valence-electron chi connectivity index (χ3n) is 6.36. The van der Waals surface area contributed by atoms with Gasteiger partial charge < -0.3 is 30.1 Å². The van der Waals surface area contributed by atoms with Crippen LogP contribution in [0.25, 0.3) is 16.7 Å². The van der Waals surface area contributed by atoms with E-state index in [1.165, 1.54) is 6.08 Å². The van der Waals surface area contributed by atoms with Gasteiger partial charge in [-0.05, 0) is 43.8 Å². The molecule has 0 unspecified atom stereocenters. The van der Waals surface area contributed by atoms with E-state index in [1.807, 2.05) is 75.2 Å². The van der Waals surface area contributed by atoms with Crippen molar-refractivity contribution in [1.82, 2.24) is 19.4 Å². The van der Waals surface area contributed by atoms with E-state index in [4.69, 9.17) is 9.72 Å². The molecule has 39 heavy (non-hydrogen) atoms. The third kappa shape index (κ3) is 6.12. The molecule has 0 saturated heterocycles. The van der Waals surface area contributed by atoms with Gasteiger partial charge in [-0.1, -0.05) is 24.8 Å². The average Bonchev–Trinajstić information content (AvgIpc) is 3.35. The predicted octanol–water partition coefficient (Wildman–Crippen LogP) is 4.36. The number of hydrogen-bond donors (Lipinski definition) is 2. The van der Waals surface area contributed by atoms with Gasteiger partial charge in [0.25, 0.3) is 0 Å². The van der Waals surface area contributed by atoms with Gasteiger partial charge in [0.1, 0.15) is 5.75 Å². The fourth-order valence-electron chi connectivity index (χ4n) is 4.21. The van der Waals surface area contributed by atoms with E-state index in [2.05, 4.69) is 50.2 Å². The fraction of sp³-hybridized carbons (Fsp3) is 0.276. The van der Waals surface area contributed by atoms with Crippen molar-refractivity contribution in [2.45, 2.75) is 0 Å². The molecule has 0 aliphatic rings. The first kappa shape index (κ1) is 27.5. The van der Waals surface area contributed by atoms with Crippen LogP contribution in [-0.4, -0.2) is 80.8 Å². The van der Waals surface area contributed by atoms with Crippen LogP contribution in [0.1, 0.15) is 0 Å². The molecule has 4 rings (SSSR count). The van der Waals surface area contributed by atoms with Crippen molar-refractivity contribution < 1.29 is 9.53 Å². The minimum absolute atomic E-state index is 0.304. The number of carbonyl (C=O) groups is 1. The lowest BCUT2D eigenvalue weighted by Gasteiger charge is -2.26. The number of methoxy groups -OCH3 is 1. The average molecular weight is 529 g/mol. The molecule has 2 aromatic carbocycles. The van der Waals surface area contributed by atoms with E-state index >= 15 is 0 Å². The Bertz CT molecular complexity index is 1480. The number of fused-ring (bicyclic) bond motifs is 1. The van der Waals surface area contributed by atoms with E-state index in [9.17, 15) is 4.79 Å². The van der Waals surface area contributed by atoms with E-state index < -0.39 is 0 Å². The summed E-state index contributed by atoms with van der Waals surface area (Å²) >= 11 is 0. The second-order valence-corrected chi connectivity index (χ2v) is 9.65. The summed E-state index contributed by atoms with van der Waals surface area (Å²) in [6, 6.07) is 13.9. The van der Waals surface area contributed by atoms with Gasteiger partial charge in [-0.2, -0.15) is 4.98 Å². The molecule has 0 radical (unpaired) electrons. The molecule has 0 bridgehead atoms. The van der Waals surface area contributed by atoms with Crippen LogP contribution in [0.2, 0.25) is 0 Å². The first-order valence-electron chi connectivity index (χ1n) is 12.6. The minimum Gasteiger partial charge on any atom is -0.494 e. The second kappa shape index (κ2) is 11.9. The largest absolute Gasteiger partial charge is 0.494 e. The lowest BCUT2D eigenvalue weighted by atomic mass is 10.2. The number of carbonyl (C=O) groups excluding carboxylic acids is 1. The normalized spacial score (nSPS) is 10.9. The van der Waals surface area contributed by atoms with Gasteiger partial charge in [0.05, 0.1) is 41.6 Å². The van der Waals surface area contributed by atoms with Crippen molar-refractivity contribution in [2.24, 2.45) is 0 Å². The molecule has 10 heteroatoms.